The number of hydrogen-bond acceptors (Lipinski definition) is 3. The van der Waals surface area contributed by atoms with Gasteiger partial charge in [0.1, 0.15) is 0 Å². The molecule has 1 N–H and O–H groups in total. The Morgan fingerprint density at radius 1 is 1.18 bits per heavy atom. The molecule has 1 amide bonds. The molecule has 0 saturated carbocycles. The van der Waals surface area contributed by atoms with Gasteiger partial charge in [0, 0.05) is 25.3 Å². The van der Waals surface area contributed by atoms with Gasteiger partial charge in [0.2, 0.25) is 0 Å². The molecule has 22 heavy (non-hydrogen) atoms. The number of likely N-dealkylation sites (tertiary alicyclic amines) is 1. The van der Waals surface area contributed by atoms with Crippen LogP contribution in [0.1, 0.15) is 47.4 Å². The number of hydrogen-bond donors (Lipinski definition) is 1. The van der Waals surface area contributed by atoms with Crippen molar-refractivity contribution in [1.29, 1.82) is 0 Å². The number of ether oxygens (including phenoxy) is 1. The molecule has 0 aromatic heterocycles. The molecule has 1 aliphatic heterocycles. The lowest BCUT2D eigenvalue weighted by Gasteiger charge is -2.32. The molecule has 1 saturated heterocycles. The summed E-state index contributed by atoms with van der Waals surface area (Å²) < 4.78 is 5.82. The molecular weight excluding hydrogens is 282 g/mol. The smallest absolute Gasteiger partial charge is 0.335 e. The second-order valence-corrected chi connectivity index (χ2v) is 6.10. The minimum absolute atomic E-state index is 0.0424. The Hall–Kier alpha value is -1.88. The van der Waals surface area contributed by atoms with Gasteiger partial charge < -0.3 is 14.7 Å². The molecule has 0 radical (unpaired) electrons. The quantitative estimate of drug-likeness (QED) is 0.908. The molecule has 0 unspecified atom stereocenters. The third kappa shape index (κ3) is 4.31. The average molecular weight is 305 g/mol. The number of carbonyl (C=O) groups excluding carboxylic acids is 1. The highest BCUT2D eigenvalue weighted by molar-refractivity contribution is 5.95. The molecule has 1 heterocycles. The molecule has 5 heteroatoms. The fourth-order valence-corrected chi connectivity index (χ4v) is 2.49. The fraction of sp³-hybridized carbons (Fsp3) is 0.529. The van der Waals surface area contributed by atoms with Crippen molar-refractivity contribution in [3.8, 4) is 0 Å². The van der Waals surface area contributed by atoms with Gasteiger partial charge in [0.05, 0.1) is 11.7 Å². The van der Waals surface area contributed by atoms with E-state index in [-0.39, 0.29) is 17.6 Å². The van der Waals surface area contributed by atoms with Crippen LogP contribution in [-0.2, 0) is 4.74 Å². The van der Waals surface area contributed by atoms with Crippen LogP contribution in [0.5, 0.6) is 0 Å². The summed E-state index contributed by atoms with van der Waals surface area (Å²) in [6.45, 7) is 6.37. The van der Waals surface area contributed by atoms with E-state index >= 15 is 0 Å². The Bertz CT molecular complexity index is 516. The molecule has 0 bridgehead atoms. The fourth-order valence-electron chi connectivity index (χ4n) is 2.49. The maximum atomic E-state index is 12.4. The van der Waals surface area contributed by atoms with Gasteiger partial charge in [0.15, 0.2) is 0 Å². The summed E-state index contributed by atoms with van der Waals surface area (Å²) >= 11 is 0. The van der Waals surface area contributed by atoms with Crippen LogP contribution in [0.3, 0.4) is 0 Å². The predicted molar refractivity (Wildman–Crippen MR) is 83.1 cm³/mol. The van der Waals surface area contributed by atoms with Crippen LogP contribution >= 0.6 is 0 Å². The SMILES string of the molecule is CC(C)COC1CCN(C(=O)c2ccc(C(=O)O)cc2)CC1. The summed E-state index contributed by atoms with van der Waals surface area (Å²) in [7, 11) is 0. The first-order chi connectivity index (χ1) is 10.5. The Kier molecular flexibility index (Phi) is 5.55. The standard InChI is InChI=1S/C17H23NO4/c1-12(2)11-22-15-7-9-18(10-8-15)16(19)13-3-5-14(6-4-13)17(20)21/h3-6,12,15H,7-11H2,1-2H3,(H,20,21). The number of amides is 1. The maximum Gasteiger partial charge on any atom is 0.335 e. The van der Waals surface area contributed by atoms with Gasteiger partial charge in [-0.15, -0.1) is 0 Å². The first kappa shape index (κ1) is 16.5. The van der Waals surface area contributed by atoms with E-state index in [0.29, 0.717) is 24.6 Å². The molecule has 0 atom stereocenters. The highest BCUT2D eigenvalue weighted by atomic mass is 16.5. The maximum absolute atomic E-state index is 12.4. The number of benzene rings is 1. The highest BCUT2D eigenvalue weighted by Gasteiger charge is 2.24. The van der Waals surface area contributed by atoms with E-state index in [1.807, 2.05) is 4.90 Å². The molecule has 5 nitrogen and oxygen atoms in total. The van der Waals surface area contributed by atoms with Crippen LogP contribution in [0.25, 0.3) is 0 Å². The number of carboxylic acids is 1. The predicted octanol–water partition coefficient (Wildman–Crippen LogP) is 2.66. The van der Waals surface area contributed by atoms with E-state index < -0.39 is 5.97 Å². The van der Waals surface area contributed by atoms with E-state index in [4.69, 9.17) is 9.84 Å². The van der Waals surface area contributed by atoms with E-state index in [1.54, 1.807) is 12.1 Å². The molecule has 1 aromatic carbocycles. The Balaban J connectivity index is 1.88. The zero-order valence-corrected chi connectivity index (χ0v) is 13.1. The lowest BCUT2D eigenvalue weighted by Crippen LogP contribution is -2.41. The van der Waals surface area contributed by atoms with Crippen molar-refractivity contribution in [2.45, 2.75) is 32.8 Å². The first-order valence-corrected chi connectivity index (χ1v) is 7.71. The summed E-state index contributed by atoms with van der Waals surface area (Å²) in [5.74, 6) is -0.506. The first-order valence-electron chi connectivity index (χ1n) is 7.71. The molecule has 120 valence electrons. The molecule has 1 fully saturated rings. The zero-order chi connectivity index (χ0) is 16.1. The highest BCUT2D eigenvalue weighted by Crippen LogP contribution is 2.17. The minimum atomic E-state index is -0.984. The molecule has 0 aliphatic carbocycles. The minimum Gasteiger partial charge on any atom is -0.478 e. The second kappa shape index (κ2) is 7.40. The second-order valence-electron chi connectivity index (χ2n) is 6.10. The van der Waals surface area contributed by atoms with E-state index in [9.17, 15) is 9.59 Å². The number of piperidine rings is 1. The number of aromatic carboxylic acids is 1. The van der Waals surface area contributed by atoms with Crippen LogP contribution in [0, 0.1) is 5.92 Å². The van der Waals surface area contributed by atoms with Crippen molar-refractivity contribution in [1.82, 2.24) is 4.90 Å². The molecule has 1 aromatic rings. The normalized spacial score (nSPS) is 16.0. The molecule has 1 aliphatic rings. The van der Waals surface area contributed by atoms with Crippen LogP contribution in [0.4, 0.5) is 0 Å². The summed E-state index contributed by atoms with van der Waals surface area (Å²) in [6.07, 6.45) is 1.94. The third-order valence-corrected chi connectivity index (χ3v) is 3.77. The van der Waals surface area contributed by atoms with Crippen LogP contribution < -0.4 is 0 Å². The van der Waals surface area contributed by atoms with Crippen molar-refractivity contribution in [2.75, 3.05) is 19.7 Å². The third-order valence-electron chi connectivity index (χ3n) is 3.77. The topological polar surface area (TPSA) is 66.8 Å². The Morgan fingerprint density at radius 2 is 1.73 bits per heavy atom. The molecule has 2 rings (SSSR count). The lowest BCUT2D eigenvalue weighted by molar-refractivity contribution is -0.00231. The number of nitrogens with zero attached hydrogens (tertiary/aromatic N) is 1. The molecule has 0 spiro atoms. The number of carbonyl (C=O) groups is 2. The van der Waals surface area contributed by atoms with Gasteiger partial charge in [-0.2, -0.15) is 0 Å². The monoisotopic (exact) mass is 305 g/mol. The summed E-state index contributed by atoms with van der Waals surface area (Å²) in [6, 6.07) is 6.09. The Labute approximate surface area is 130 Å². The van der Waals surface area contributed by atoms with Crippen LogP contribution in [0.15, 0.2) is 24.3 Å². The van der Waals surface area contributed by atoms with Crippen LogP contribution in [0.2, 0.25) is 0 Å². The zero-order valence-electron chi connectivity index (χ0n) is 13.1. The van der Waals surface area contributed by atoms with Crippen molar-refractivity contribution >= 4 is 11.9 Å². The van der Waals surface area contributed by atoms with E-state index in [1.165, 1.54) is 12.1 Å². The largest absolute Gasteiger partial charge is 0.478 e. The summed E-state index contributed by atoms with van der Waals surface area (Å²) in [4.78, 5) is 25.0. The van der Waals surface area contributed by atoms with Gasteiger partial charge in [-0.25, -0.2) is 4.79 Å². The van der Waals surface area contributed by atoms with E-state index in [2.05, 4.69) is 13.8 Å². The summed E-state index contributed by atoms with van der Waals surface area (Å²) in [5.41, 5.74) is 0.726. The van der Waals surface area contributed by atoms with Gasteiger partial charge in [0.25, 0.3) is 5.91 Å². The van der Waals surface area contributed by atoms with Gasteiger partial charge in [-0.05, 0) is 43.0 Å². The van der Waals surface area contributed by atoms with E-state index in [0.717, 1.165) is 19.4 Å². The van der Waals surface area contributed by atoms with Crippen molar-refractivity contribution < 1.29 is 19.4 Å². The van der Waals surface area contributed by atoms with Crippen molar-refractivity contribution in [3.05, 3.63) is 35.4 Å². The van der Waals surface area contributed by atoms with Crippen molar-refractivity contribution in [3.63, 3.8) is 0 Å². The lowest BCUT2D eigenvalue weighted by atomic mass is 10.1. The van der Waals surface area contributed by atoms with Crippen molar-refractivity contribution in [2.24, 2.45) is 5.92 Å². The van der Waals surface area contributed by atoms with Gasteiger partial charge in [-0.1, -0.05) is 13.8 Å². The van der Waals surface area contributed by atoms with Gasteiger partial charge in [-0.3, -0.25) is 4.79 Å². The molecular formula is C17H23NO4. The number of rotatable bonds is 5. The Morgan fingerprint density at radius 3 is 2.23 bits per heavy atom. The number of carboxylic acid groups (broad SMARTS) is 1. The average Bonchev–Trinajstić information content (AvgIpc) is 2.53. The van der Waals surface area contributed by atoms with Crippen LogP contribution in [-0.4, -0.2) is 47.7 Å². The van der Waals surface area contributed by atoms with Gasteiger partial charge >= 0.3 is 5.97 Å². The summed E-state index contributed by atoms with van der Waals surface area (Å²) in [5, 5.41) is 8.87.